The smallest absolute Gasteiger partial charge is 0.272 e. The minimum atomic E-state index is -1.04. The van der Waals surface area contributed by atoms with Crippen molar-refractivity contribution in [1.29, 1.82) is 0 Å². The molecule has 0 radical (unpaired) electrons. The van der Waals surface area contributed by atoms with Gasteiger partial charge in [-0.25, -0.2) is 0 Å². The molecule has 3 aliphatic rings. The molecule has 1 aromatic rings. The summed E-state index contributed by atoms with van der Waals surface area (Å²) in [6, 6.07) is 1.71. The fraction of sp³-hybridized carbons (Fsp3) is 0.739. The van der Waals surface area contributed by atoms with Crippen molar-refractivity contribution in [3.8, 4) is 0 Å². The first-order chi connectivity index (χ1) is 15.4. The maximum absolute atomic E-state index is 13.1. The Hall–Kier alpha value is -2.42. The third-order valence-electron chi connectivity index (χ3n) is 7.33. The third-order valence-corrected chi connectivity index (χ3v) is 7.33. The molecule has 4 rings (SSSR count). The summed E-state index contributed by atoms with van der Waals surface area (Å²) in [6.45, 7) is 5.52. The van der Waals surface area contributed by atoms with Crippen LogP contribution in [0.4, 0.5) is 0 Å². The molecule has 0 spiro atoms. The highest BCUT2D eigenvalue weighted by atomic mass is 16.2. The van der Waals surface area contributed by atoms with E-state index in [0.29, 0.717) is 12.2 Å². The molecule has 1 aliphatic carbocycles. The monoisotopic (exact) mass is 444 g/mol. The summed E-state index contributed by atoms with van der Waals surface area (Å²) in [7, 11) is 1.65. The van der Waals surface area contributed by atoms with Gasteiger partial charge >= 0.3 is 0 Å². The molecule has 2 fully saturated rings. The molecule has 3 amide bonds. The molecular formula is C23H36N6O3. The van der Waals surface area contributed by atoms with Gasteiger partial charge in [0.2, 0.25) is 5.91 Å². The highest BCUT2D eigenvalue weighted by molar-refractivity contribution is 6.01. The molecule has 176 valence electrons. The second kappa shape index (κ2) is 9.60. The number of likely N-dealkylation sites (tertiary alicyclic amines) is 1. The second-order valence-corrected chi connectivity index (χ2v) is 9.68. The largest absolute Gasteiger partial charge is 0.351 e. The molecule has 2 aliphatic heterocycles. The van der Waals surface area contributed by atoms with Crippen molar-refractivity contribution >= 4 is 17.7 Å². The van der Waals surface area contributed by atoms with Crippen LogP contribution < -0.4 is 10.6 Å². The fourth-order valence-corrected chi connectivity index (χ4v) is 5.03. The first kappa shape index (κ1) is 22.8. The zero-order valence-electron chi connectivity index (χ0n) is 19.4. The SMILES string of the molecule is CN1C(=O)c2cc(C(=O)NCCN3CCCCCC3)nn2CC1(C)C(=O)NC1CCCC1. The topological polar surface area (TPSA) is 99.6 Å². The first-order valence-corrected chi connectivity index (χ1v) is 12.1. The van der Waals surface area contributed by atoms with E-state index in [9.17, 15) is 14.4 Å². The van der Waals surface area contributed by atoms with Crippen LogP contribution in [0.25, 0.3) is 0 Å². The third kappa shape index (κ3) is 4.67. The van der Waals surface area contributed by atoms with E-state index in [0.717, 1.165) is 45.3 Å². The van der Waals surface area contributed by atoms with Crippen LogP contribution in [0, 0.1) is 0 Å². The number of aromatic nitrogens is 2. The number of carbonyl (C=O) groups is 3. The number of hydrogen-bond donors (Lipinski definition) is 2. The number of carbonyl (C=O) groups excluding carboxylic acids is 3. The van der Waals surface area contributed by atoms with Gasteiger partial charge in [-0.15, -0.1) is 0 Å². The second-order valence-electron chi connectivity index (χ2n) is 9.68. The highest BCUT2D eigenvalue weighted by Gasteiger charge is 2.46. The molecule has 1 saturated carbocycles. The Labute approximate surface area is 189 Å². The van der Waals surface area contributed by atoms with Gasteiger partial charge in [0.15, 0.2) is 5.69 Å². The summed E-state index contributed by atoms with van der Waals surface area (Å²) in [6.07, 6.45) is 9.19. The van der Waals surface area contributed by atoms with E-state index >= 15 is 0 Å². The zero-order chi connectivity index (χ0) is 22.7. The van der Waals surface area contributed by atoms with Crippen molar-refractivity contribution in [3.05, 3.63) is 17.5 Å². The summed E-state index contributed by atoms with van der Waals surface area (Å²) in [4.78, 5) is 42.6. The van der Waals surface area contributed by atoms with Crippen molar-refractivity contribution in [3.63, 3.8) is 0 Å². The number of hydrogen-bond acceptors (Lipinski definition) is 5. The minimum Gasteiger partial charge on any atom is -0.351 e. The van der Waals surface area contributed by atoms with Crippen molar-refractivity contribution < 1.29 is 14.4 Å². The molecule has 1 atom stereocenters. The molecule has 1 aromatic heterocycles. The van der Waals surface area contributed by atoms with Crippen molar-refractivity contribution in [2.45, 2.75) is 76.4 Å². The number of likely N-dealkylation sites (N-methyl/N-ethyl adjacent to an activating group) is 1. The number of fused-ring (bicyclic) bond motifs is 1. The van der Waals surface area contributed by atoms with E-state index in [4.69, 9.17) is 0 Å². The van der Waals surface area contributed by atoms with Crippen LogP contribution in [-0.2, 0) is 11.3 Å². The molecule has 32 heavy (non-hydrogen) atoms. The van der Waals surface area contributed by atoms with Gasteiger partial charge in [-0.3, -0.25) is 19.1 Å². The number of nitrogens with zero attached hydrogens (tertiary/aromatic N) is 4. The standard InChI is InChI=1S/C23H36N6O3/c1-23(22(32)25-17-9-5-6-10-17)16-29-19(21(31)27(23)2)15-18(26-29)20(30)24-11-14-28-12-7-3-4-8-13-28/h15,17H,3-14,16H2,1-2H3,(H,24,30)(H,25,32). The molecule has 9 heteroatoms. The summed E-state index contributed by atoms with van der Waals surface area (Å²) in [5.74, 6) is -0.740. The van der Waals surface area contributed by atoms with Crippen molar-refractivity contribution in [2.24, 2.45) is 0 Å². The van der Waals surface area contributed by atoms with Gasteiger partial charge in [0, 0.05) is 32.2 Å². The van der Waals surface area contributed by atoms with E-state index < -0.39 is 5.54 Å². The number of amides is 3. The van der Waals surface area contributed by atoms with Crippen LogP contribution in [0.2, 0.25) is 0 Å². The van der Waals surface area contributed by atoms with E-state index in [1.165, 1.54) is 41.3 Å². The van der Waals surface area contributed by atoms with E-state index in [2.05, 4.69) is 20.6 Å². The van der Waals surface area contributed by atoms with E-state index in [1.54, 1.807) is 14.0 Å². The Morgan fingerprint density at radius 1 is 1.12 bits per heavy atom. The molecule has 1 saturated heterocycles. The minimum absolute atomic E-state index is 0.162. The quantitative estimate of drug-likeness (QED) is 0.691. The van der Waals surface area contributed by atoms with Crippen molar-refractivity contribution in [2.75, 3.05) is 33.2 Å². The predicted octanol–water partition coefficient (Wildman–Crippen LogP) is 1.39. The van der Waals surface area contributed by atoms with E-state index in [1.807, 2.05) is 0 Å². The van der Waals surface area contributed by atoms with Gasteiger partial charge in [0.1, 0.15) is 11.2 Å². The normalized spacial score (nSPS) is 24.8. The fourth-order valence-electron chi connectivity index (χ4n) is 5.03. The molecule has 0 bridgehead atoms. The number of nitrogens with one attached hydrogen (secondary N) is 2. The van der Waals surface area contributed by atoms with Crippen LogP contribution in [0.5, 0.6) is 0 Å². The van der Waals surface area contributed by atoms with Gasteiger partial charge in [0.05, 0.1) is 6.54 Å². The van der Waals surface area contributed by atoms with Gasteiger partial charge in [-0.2, -0.15) is 5.10 Å². The van der Waals surface area contributed by atoms with Gasteiger partial charge in [0.25, 0.3) is 11.8 Å². The van der Waals surface area contributed by atoms with Crippen LogP contribution in [0.15, 0.2) is 6.07 Å². The molecule has 3 heterocycles. The summed E-state index contributed by atoms with van der Waals surface area (Å²) < 4.78 is 1.51. The van der Waals surface area contributed by atoms with Crippen LogP contribution >= 0.6 is 0 Å². The predicted molar refractivity (Wildman–Crippen MR) is 120 cm³/mol. The molecule has 2 N–H and O–H groups in total. The Kier molecular flexibility index (Phi) is 6.83. The van der Waals surface area contributed by atoms with E-state index in [-0.39, 0.29) is 36.0 Å². The lowest BCUT2D eigenvalue weighted by atomic mass is 9.95. The van der Waals surface area contributed by atoms with Crippen LogP contribution in [-0.4, -0.2) is 82.1 Å². The lowest BCUT2D eigenvalue weighted by Crippen LogP contribution is -2.63. The average molecular weight is 445 g/mol. The molecule has 0 aromatic carbocycles. The molecular weight excluding hydrogens is 408 g/mol. The summed E-state index contributed by atoms with van der Waals surface area (Å²) >= 11 is 0. The summed E-state index contributed by atoms with van der Waals surface area (Å²) in [5, 5.41) is 10.4. The number of rotatable bonds is 6. The summed E-state index contributed by atoms with van der Waals surface area (Å²) in [5.41, 5.74) is -0.478. The van der Waals surface area contributed by atoms with Gasteiger partial charge in [-0.1, -0.05) is 25.7 Å². The lowest BCUT2D eigenvalue weighted by Gasteiger charge is -2.41. The molecule has 9 nitrogen and oxygen atoms in total. The molecule has 1 unspecified atom stereocenters. The maximum atomic E-state index is 13.1. The maximum Gasteiger partial charge on any atom is 0.272 e. The highest BCUT2D eigenvalue weighted by Crippen LogP contribution is 2.27. The first-order valence-electron chi connectivity index (χ1n) is 12.1. The Morgan fingerprint density at radius 2 is 1.81 bits per heavy atom. The van der Waals surface area contributed by atoms with Crippen molar-refractivity contribution in [1.82, 2.24) is 30.2 Å². The Balaban J connectivity index is 1.39. The average Bonchev–Trinajstić information content (AvgIpc) is 3.36. The Morgan fingerprint density at radius 3 is 2.50 bits per heavy atom. The van der Waals surface area contributed by atoms with Crippen LogP contribution in [0.3, 0.4) is 0 Å². The van der Waals surface area contributed by atoms with Crippen LogP contribution in [0.1, 0.15) is 79.3 Å². The Bertz CT molecular complexity index is 854. The zero-order valence-corrected chi connectivity index (χ0v) is 19.4. The van der Waals surface area contributed by atoms with Gasteiger partial charge < -0.3 is 20.4 Å². The lowest BCUT2D eigenvalue weighted by molar-refractivity contribution is -0.133. The van der Waals surface area contributed by atoms with Gasteiger partial charge in [-0.05, 0) is 45.7 Å².